The summed E-state index contributed by atoms with van der Waals surface area (Å²) in [5.74, 6) is 1.09. The van der Waals surface area contributed by atoms with Gasteiger partial charge in [-0.15, -0.1) is 5.10 Å². The summed E-state index contributed by atoms with van der Waals surface area (Å²) in [4.78, 5) is 22.2. The van der Waals surface area contributed by atoms with Crippen molar-refractivity contribution in [2.45, 2.75) is 16.5 Å². The molecule has 0 amide bonds. The van der Waals surface area contributed by atoms with Gasteiger partial charge in [0, 0.05) is 17.3 Å². The van der Waals surface area contributed by atoms with Crippen molar-refractivity contribution in [2.24, 2.45) is 0 Å². The summed E-state index contributed by atoms with van der Waals surface area (Å²) in [7, 11) is 3.06. The van der Waals surface area contributed by atoms with Crippen LogP contribution < -0.4 is 15.2 Å². The van der Waals surface area contributed by atoms with Crippen LogP contribution in [0.5, 0.6) is 11.5 Å². The zero-order chi connectivity index (χ0) is 23.7. The van der Waals surface area contributed by atoms with E-state index < -0.39 is 5.69 Å². The summed E-state index contributed by atoms with van der Waals surface area (Å²) >= 11 is 1.20. The number of fused-ring (bicyclic) bond motifs is 1. The summed E-state index contributed by atoms with van der Waals surface area (Å²) in [6.45, 7) is -0.0517. The Morgan fingerprint density at radius 2 is 2.00 bits per heavy atom. The largest absolute Gasteiger partial charge is 0.493 e. The molecule has 0 radical (unpaired) electrons. The molecule has 0 N–H and O–H groups in total. The monoisotopic (exact) mass is 480 g/mol. The van der Waals surface area contributed by atoms with Crippen LogP contribution in [0.2, 0.25) is 0 Å². The third-order valence-corrected chi connectivity index (χ3v) is 5.85. The lowest BCUT2D eigenvalue weighted by atomic mass is 10.1. The molecule has 0 aliphatic carbocycles. The van der Waals surface area contributed by atoms with Gasteiger partial charge in [0.05, 0.1) is 19.8 Å². The topological polar surface area (TPSA) is 110 Å². The molecular weight excluding hydrogens is 463 g/mol. The average Bonchev–Trinajstić information content (AvgIpc) is 3.44. The highest BCUT2D eigenvalue weighted by atomic mass is 32.2. The summed E-state index contributed by atoms with van der Waals surface area (Å²) in [5.41, 5.74) is 0.505. The van der Waals surface area contributed by atoms with E-state index in [0.29, 0.717) is 32.6 Å². The second-order valence-corrected chi connectivity index (χ2v) is 8.04. The maximum atomic E-state index is 13.6. The summed E-state index contributed by atoms with van der Waals surface area (Å²) in [6, 6.07) is 11.4. The van der Waals surface area contributed by atoms with Gasteiger partial charge < -0.3 is 14.0 Å². The van der Waals surface area contributed by atoms with Crippen molar-refractivity contribution in [1.82, 2.24) is 29.3 Å². The molecule has 10 nitrogen and oxygen atoms in total. The molecule has 5 rings (SSSR count). The van der Waals surface area contributed by atoms with Gasteiger partial charge in [-0.25, -0.2) is 23.3 Å². The molecule has 0 aliphatic rings. The van der Waals surface area contributed by atoms with Crippen LogP contribution in [-0.4, -0.2) is 43.5 Å². The minimum Gasteiger partial charge on any atom is -0.493 e. The van der Waals surface area contributed by atoms with E-state index in [1.165, 1.54) is 59.6 Å². The molecule has 3 heterocycles. The highest BCUT2D eigenvalue weighted by molar-refractivity contribution is 7.99. The van der Waals surface area contributed by atoms with E-state index >= 15 is 0 Å². The quantitative estimate of drug-likeness (QED) is 0.346. The SMILES string of the molecule is COc1cccc(-c2noc(Cn3nc4c(Sc5cccc(F)c5)nccn4c3=O)n2)c1OC. The van der Waals surface area contributed by atoms with E-state index in [1.807, 2.05) is 0 Å². The van der Waals surface area contributed by atoms with Crippen LogP contribution in [0, 0.1) is 5.82 Å². The number of rotatable bonds is 7. The first-order valence-electron chi connectivity index (χ1n) is 9.99. The lowest BCUT2D eigenvalue weighted by Gasteiger charge is -2.09. The van der Waals surface area contributed by atoms with Gasteiger partial charge in [-0.05, 0) is 30.3 Å². The molecule has 3 aromatic heterocycles. The number of ether oxygens (including phenoxy) is 2. The predicted octanol–water partition coefficient (Wildman–Crippen LogP) is 3.30. The van der Waals surface area contributed by atoms with E-state index in [9.17, 15) is 9.18 Å². The van der Waals surface area contributed by atoms with E-state index in [0.717, 1.165) is 0 Å². The number of halogens is 1. The maximum Gasteiger partial charge on any atom is 0.350 e. The molecule has 0 unspecified atom stereocenters. The van der Waals surface area contributed by atoms with Gasteiger partial charge in [0.25, 0.3) is 0 Å². The number of hydrogen-bond acceptors (Lipinski definition) is 9. The molecular formula is C22H17FN6O4S. The van der Waals surface area contributed by atoms with Crippen molar-refractivity contribution >= 4 is 17.4 Å². The third kappa shape index (κ3) is 3.99. The molecule has 0 atom stereocenters. The standard InChI is InChI=1S/C22H17FN6O4S/c1-31-16-8-4-7-15(18(16)32-2)19-25-17(33-27-19)12-29-22(30)28-10-9-24-21(20(28)26-29)34-14-6-3-5-13(23)11-14/h3-11H,12H2,1-2H3. The second kappa shape index (κ2) is 8.98. The molecule has 0 saturated carbocycles. The highest BCUT2D eigenvalue weighted by Crippen LogP contribution is 2.36. The van der Waals surface area contributed by atoms with Crippen molar-refractivity contribution in [3.8, 4) is 22.9 Å². The Kier molecular flexibility index (Phi) is 5.72. The minimum absolute atomic E-state index is 0.0517. The molecule has 0 bridgehead atoms. The van der Waals surface area contributed by atoms with Crippen LogP contribution in [0.15, 0.2) is 74.1 Å². The fraction of sp³-hybridized carbons (Fsp3) is 0.136. The highest BCUT2D eigenvalue weighted by Gasteiger charge is 2.19. The number of aromatic nitrogens is 6. The second-order valence-electron chi connectivity index (χ2n) is 6.98. The van der Waals surface area contributed by atoms with Crippen LogP contribution in [-0.2, 0) is 6.54 Å². The first-order valence-corrected chi connectivity index (χ1v) is 10.8. The average molecular weight is 480 g/mol. The Balaban J connectivity index is 1.46. The van der Waals surface area contributed by atoms with Gasteiger partial charge in [0.1, 0.15) is 17.4 Å². The minimum atomic E-state index is -0.405. The van der Waals surface area contributed by atoms with Gasteiger partial charge in [-0.3, -0.25) is 0 Å². The van der Waals surface area contributed by atoms with Gasteiger partial charge >= 0.3 is 5.69 Å². The normalized spacial score (nSPS) is 11.1. The lowest BCUT2D eigenvalue weighted by Crippen LogP contribution is -2.21. The van der Waals surface area contributed by atoms with Gasteiger partial charge in [0.15, 0.2) is 17.1 Å². The van der Waals surface area contributed by atoms with Crippen LogP contribution >= 0.6 is 11.8 Å². The zero-order valence-corrected chi connectivity index (χ0v) is 18.8. The van der Waals surface area contributed by atoms with E-state index in [-0.39, 0.29) is 24.1 Å². The van der Waals surface area contributed by atoms with Crippen molar-refractivity contribution in [1.29, 1.82) is 0 Å². The molecule has 5 aromatic rings. The van der Waals surface area contributed by atoms with Gasteiger partial charge in [-0.1, -0.05) is 29.1 Å². The van der Waals surface area contributed by atoms with Crippen molar-refractivity contribution in [3.05, 3.63) is 77.1 Å². The van der Waals surface area contributed by atoms with Crippen molar-refractivity contribution < 1.29 is 18.4 Å². The molecule has 12 heteroatoms. The number of nitrogens with zero attached hydrogens (tertiary/aromatic N) is 6. The first-order chi connectivity index (χ1) is 16.6. The molecule has 0 spiro atoms. The first kappa shape index (κ1) is 21.6. The lowest BCUT2D eigenvalue weighted by molar-refractivity contribution is 0.354. The van der Waals surface area contributed by atoms with Crippen LogP contribution in [0.1, 0.15) is 5.89 Å². The molecule has 0 saturated heterocycles. The molecule has 172 valence electrons. The van der Waals surface area contributed by atoms with Crippen LogP contribution in [0.3, 0.4) is 0 Å². The Labute approximate surface area is 196 Å². The van der Waals surface area contributed by atoms with Gasteiger partial charge in [-0.2, -0.15) is 4.98 Å². The van der Waals surface area contributed by atoms with E-state index in [2.05, 4.69) is 20.2 Å². The number of methoxy groups -OCH3 is 2. The van der Waals surface area contributed by atoms with Crippen molar-refractivity contribution in [3.63, 3.8) is 0 Å². The number of para-hydroxylation sites is 1. The molecule has 0 fully saturated rings. The number of hydrogen-bond donors (Lipinski definition) is 0. The number of benzene rings is 2. The molecule has 0 aliphatic heterocycles. The van der Waals surface area contributed by atoms with E-state index in [1.54, 1.807) is 30.3 Å². The summed E-state index contributed by atoms with van der Waals surface area (Å²) in [6.07, 6.45) is 3.00. The Hall–Kier alpha value is -4.19. The smallest absolute Gasteiger partial charge is 0.350 e. The summed E-state index contributed by atoms with van der Waals surface area (Å²) < 4.78 is 32.2. The van der Waals surface area contributed by atoms with Crippen molar-refractivity contribution in [2.75, 3.05) is 14.2 Å². The van der Waals surface area contributed by atoms with Crippen LogP contribution in [0.25, 0.3) is 17.0 Å². The van der Waals surface area contributed by atoms with Gasteiger partial charge in [0.2, 0.25) is 11.7 Å². The molecule has 2 aromatic carbocycles. The molecule has 34 heavy (non-hydrogen) atoms. The Morgan fingerprint density at radius 1 is 1.15 bits per heavy atom. The maximum absolute atomic E-state index is 13.6. The fourth-order valence-electron chi connectivity index (χ4n) is 3.36. The van der Waals surface area contributed by atoms with Crippen LogP contribution in [0.4, 0.5) is 4.39 Å². The predicted molar refractivity (Wildman–Crippen MR) is 120 cm³/mol. The Bertz CT molecular complexity index is 1550. The Morgan fingerprint density at radius 3 is 2.79 bits per heavy atom. The zero-order valence-electron chi connectivity index (χ0n) is 18.0. The van der Waals surface area contributed by atoms with E-state index in [4.69, 9.17) is 14.0 Å². The summed E-state index contributed by atoms with van der Waals surface area (Å²) in [5, 5.41) is 8.85. The third-order valence-electron chi connectivity index (χ3n) is 4.88. The fourth-order valence-corrected chi connectivity index (χ4v) is 4.25.